The van der Waals surface area contributed by atoms with Crippen molar-refractivity contribution in [1.82, 2.24) is 19.7 Å². The Balaban J connectivity index is 1.75. The van der Waals surface area contributed by atoms with E-state index in [2.05, 4.69) is 36.3 Å². The number of nitrogens with zero attached hydrogens (tertiary/aromatic N) is 4. The molecule has 0 bridgehead atoms. The van der Waals surface area contributed by atoms with Crippen molar-refractivity contribution in [1.29, 1.82) is 0 Å². The number of rotatable bonds is 3. The number of nitrogens with one attached hydrogen (secondary N) is 1. The van der Waals surface area contributed by atoms with Crippen LogP contribution in [0.15, 0.2) is 59.7 Å². The van der Waals surface area contributed by atoms with Crippen LogP contribution in [-0.2, 0) is 0 Å². The van der Waals surface area contributed by atoms with Crippen molar-refractivity contribution in [3.8, 4) is 5.82 Å². The van der Waals surface area contributed by atoms with Gasteiger partial charge in [0.1, 0.15) is 12.7 Å². The predicted molar refractivity (Wildman–Crippen MR) is 81.2 cm³/mol. The second kappa shape index (κ2) is 5.84. The molecule has 2 heterocycles. The second-order valence-electron chi connectivity index (χ2n) is 4.21. The molecule has 104 valence electrons. The third-order valence-electron chi connectivity index (χ3n) is 2.75. The van der Waals surface area contributed by atoms with Gasteiger partial charge in [-0.05, 0) is 30.3 Å². The molecule has 0 aliphatic carbocycles. The lowest BCUT2D eigenvalue weighted by Gasteiger charge is -2.06. The lowest BCUT2D eigenvalue weighted by atomic mass is 10.2. The molecule has 0 aliphatic heterocycles. The molecule has 0 fully saturated rings. The summed E-state index contributed by atoms with van der Waals surface area (Å²) < 4.78 is 2.40. The first-order valence-corrected chi connectivity index (χ1v) is 6.90. The smallest absolute Gasteiger partial charge is 0.255 e. The SMILES string of the molecule is O=C(Nc1ccc(-n2cncn2)nc1)c1cccc(Br)c1. The lowest BCUT2D eigenvalue weighted by Crippen LogP contribution is -2.12. The summed E-state index contributed by atoms with van der Waals surface area (Å²) in [7, 11) is 0. The number of anilines is 1. The standard InChI is InChI=1S/C14H10BrN5O/c15-11-3-1-2-10(6-11)14(21)19-12-4-5-13(17-7-12)20-9-16-8-18-20/h1-9H,(H,19,21). The third kappa shape index (κ3) is 3.14. The molecule has 0 saturated carbocycles. The Bertz CT molecular complexity index is 755. The molecule has 0 radical (unpaired) electrons. The van der Waals surface area contributed by atoms with E-state index in [1.165, 1.54) is 6.33 Å². The van der Waals surface area contributed by atoms with E-state index in [9.17, 15) is 4.79 Å². The zero-order valence-corrected chi connectivity index (χ0v) is 12.4. The first-order valence-electron chi connectivity index (χ1n) is 6.10. The van der Waals surface area contributed by atoms with Gasteiger partial charge in [0.2, 0.25) is 0 Å². The molecule has 0 saturated heterocycles. The van der Waals surface area contributed by atoms with E-state index in [0.29, 0.717) is 17.1 Å². The van der Waals surface area contributed by atoms with E-state index in [1.54, 1.807) is 41.5 Å². The molecule has 6 nitrogen and oxygen atoms in total. The first kappa shape index (κ1) is 13.4. The Hall–Kier alpha value is -2.54. The van der Waals surface area contributed by atoms with Crippen LogP contribution < -0.4 is 5.32 Å². The zero-order chi connectivity index (χ0) is 14.7. The number of hydrogen-bond acceptors (Lipinski definition) is 4. The quantitative estimate of drug-likeness (QED) is 0.793. The lowest BCUT2D eigenvalue weighted by molar-refractivity contribution is 0.102. The van der Waals surface area contributed by atoms with Crippen LogP contribution in [0.4, 0.5) is 5.69 Å². The van der Waals surface area contributed by atoms with Crippen molar-refractivity contribution in [2.24, 2.45) is 0 Å². The van der Waals surface area contributed by atoms with Crippen LogP contribution in [0.3, 0.4) is 0 Å². The van der Waals surface area contributed by atoms with Crippen molar-refractivity contribution in [3.05, 3.63) is 65.3 Å². The molecule has 0 spiro atoms. The molecule has 1 aromatic carbocycles. The highest BCUT2D eigenvalue weighted by molar-refractivity contribution is 9.10. The van der Waals surface area contributed by atoms with E-state index >= 15 is 0 Å². The van der Waals surface area contributed by atoms with Gasteiger partial charge in [-0.2, -0.15) is 5.10 Å². The molecule has 21 heavy (non-hydrogen) atoms. The van der Waals surface area contributed by atoms with Crippen LogP contribution in [0, 0.1) is 0 Å². The monoisotopic (exact) mass is 343 g/mol. The van der Waals surface area contributed by atoms with Crippen LogP contribution in [0.1, 0.15) is 10.4 Å². The van der Waals surface area contributed by atoms with Gasteiger partial charge in [-0.3, -0.25) is 4.79 Å². The molecule has 0 atom stereocenters. The van der Waals surface area contributed by atoms with Crippen molar-refractivity contribution in [2.45, 2.75) is 0 Å². The molecular weight excluding hydrogens is 334 g/mol. The van der Waals surface area contributed by atoms with Crippen LogP contribution >= 0.6 is 15.9 Å². The van der Waals surface area contributed by atoms with Gasteiger partial charge in [-0.15, -0.1) is 0 Å². The summed E-state index contributed by atoms with van der Waals surface area (Å²) in [6, 6.07) is 10.7. The topological polar surface area (TPSA) is 72.7 Å². The van der Waals surface area contributed by atoms with E-state index in [-0.39, 0.29) is 5.91 Å². The van der Waals surface area contributed by atoms with Crippen LogP contribution in [0.25, 0.3) is 5.82 Å². The summed E-state index contributed by atoms with van der Waals surface area (Å²) >= 11 is 3.34. The Morgan fingerprint density at radius 1 is 1.24 bits per heavy atom. The highest BCUT2D eigenvalue weighted by Crippen LogP contribution is 2.14. The number of pyridine rings is 1. The average molecular weight is 344 g/mol. The number of benzene rings is 1. The van der Waals surface area contributed by atoms with Gasteiger partial charge < -0.3 is 5.32 Å². The summed E-state index contributed by atoms with van der Waals surface area (Å²) in [5.74, 6) is 0.444. The normalized spacial score (nSPS) is 10.3. The number of amides is 1. The number of halogens is 1. The van der Waals surface area contributed by atoms with Gasteiger partial charge in [0, 0.05) is 10.0 Å². The number of carbonyl (C=O) groups excluding carboxylic acids is 1. The molecule has 2 aromatic heterocycles. The highest BCUT2D eigenvalue weighted by Gasteiger charge is 2.07. The number of carbonyl (C=O) groups is 1. The number of hydrogen-bond donors (Lipinski definition) is 1. The minimum atomic E-state index is -0.188. The Labute approximate surface area is 129 Å². The first-order chi connectivity index (χ1) is 10.2. The van der Waals surface area contributed by atoms with Gasteiger partial charge in [0.05, 0.1) is 11.9 Å². The van der Waals surface area contributed by atoms with Gasteiger partial charge in [-0.25, -0.2) is 14.6 Å². The van der Waals surface area contributed by atoms with Crippen molar-refractivity contribution in [3.63, 3.8) is 0 Å². The van der Waals surface area contributed by atoms with E-state index in [0.717, 1.165) is 4.47 Å². The minimum Gasteiger partial charge on any atom is -0.321 e. The highest BCUT2D eigenvalue weighted by atomic mass is 79.9. The average Bonchev–Trinajstić information content (AvgIpc) is 3.02. The van der Waals surface area contributed by atoms with Gasteiger partial charge in [0.15, 0.2) is 5.82 Å². The van der Waals surface area contributed by atoms with Gasteiger partial charge >= 0.3 is 0 Å². The summed E-state index contributed by atoms with van der Waals surface area (Å²) in [6.07, 6.45) is 4.57. The number of aromatic nitrogens is 4. The zero-order valence-electron chi connectivity index (χ0n) is 10.8. The molecule has 1 amide bonds. The van der Waals surface area contributed by atoms with Crippen LogP contribution in [-0.4, -0.2) is 25.7 Å². The largest absolute Gasteiger partial charge is 0.321 e. The molecule has 3 rings (SSSR count). The Kier molecular flexibility index (Phi) is 3.74. The Morgan fingerprint density at radius 3 is 2.81 bits per heavy atom. The molecule has 3 aromatic rings. The third-order valence-corrected chi connectivity index (χ3v) is 3.24. The maximum atomic E-state index is 12.1. The van der Waals surface area contributed by atoms with Gasteiger partial charge in [0.25, 0.3) is 5.91 Å². The molecular formula is C14H10BrN5O. The fourth-order valence-corrected chi connectivity index (χ4v) is 2.15. The molecule has 1 N–H and O–H groups in total. The van der Waals surface area contributed by atoms with Crippen LogP contribution in [0.5, 0.6) is 0 Å². The summed E-state index contributed by atoms with van der Waals surface area (Å²) in [5, 5.41) is 6.78. The summed E-state index contributed by atoms with van der Waals surface area (Å²) in [4.78, 5) is 20.2. The maximum Gasteiger partial charge on any atom is 0.255 e. The molecule has 0 unspecified atom stereocenters. The van der Waals surface area contributed by atoms with Crippen LogP contribution in [0.2, 0.25) is 0 Å². The van der Waals surface area contributed by atoms with E-state index in [4.69, 9.17) is 0 Å². The van der Waals surface area contributed by atoms with Crippen molar-refractivity contribution in [2.75, 3.05) is 5.32 Å². The van der Waals surface area contributed by atoms with Crippen molar-refractivity contribution < 1.29 is 4.79 Å². The minimum absolute atomic E-state index is 0.188. The van der Waals surface area contributed by atoms with E-state index < -0.39 is 0 Å². The maximum absolute atomic E-state index is 12.1. The Morgan fingerprint density at radius 2 is 2.14 bits per heavy atom. The molecule has 0 aliphatic rings. The second-order valence-corrected chi connectivity index (χ2v) is 5.13. The van der Waals surface area contributed by atoms with E-state index in [1.807, 2.05) is 12.1 Å². The summed E-state index contributed by atoms with van der Waals surface area (Å²) in [5.41, 5.74) is 1.19. The fraction of sp³-hybridized carbons (Fsp3) is 0. The van der Waals surface area contributed by atoms with Crippen molar-refractivity contribution >= 4 is 27.5 Å². The van der Waals surface area contributed by atoms with Gasteiger partial charge in [-0.1, -0.05) is 22.0 Å². The predicted octanol–water partition coefficient (Wildman–Crippen LogP) is 2.68. The fourth-order valence-electron chi connectivity index (χ4n) is 1.76. The summed E-state index contributed by atoms with van der Waals surface area (Å²) in [6.45, 7) is 0. The molecule has 7 heteroatoms.